The summed E-state index contributed by atoms with van der Waals surface area (Å²) in [5, 5.41) is 3.73. The number of aryl methyl sites for hydroxylation is 3. The topological polar surface area (TPSA) is 102 Å². The summed E-state index contributed by atoms with van der Waals surface area (Å²) in [6.07, 6.45) is 5.21. The lowest BCUT2D eigenvalue weighted by Gasteiger charge is -2.26. The van der Waals surface area contributed by atoms with Crippen molar-refractivity contribution in [3.63, 3.8) is 0 Å². The number of halogens is 1. The quantitative estimate of drug-likeness (QED) is 0.354. The number of amides is 1. The molecule has 2 heterocycles. The van der Waals surface area contributed by atoms with Crippen LogP contribution in [0.2, 0.25) is 0 Å². The third-order valence-electron chi connectivity index (χ3n) is 7.06. The van der Waals surface area contributed by atoms with Crippen molar-refractivity contribution in [3.05, 3.63) is 81.7 Å². The van der Waals surface area contributed by atoms with Gasteiger partial charge in [-0.1, -0.05) is 12.1 Å². The number of nitrogens with zero attached hydrogens (tertiary/aromatic N) is 1. The molecule has 8 heteroatoms. The molecule has 4 N–H and O–H groups in total. The van der Waals surface area contributed by atoms with Gasteiger partial charge in [0.2, 0.25) is 0 Å². The molecule has 0 radical (unpaired) electrons. The van der Waals surface area contributed by atoms with Gasteiger partial charge in [0.25, 0.3) is 11.5 Å². The first-order valence-corrected chi connectivity index (χ1v) is 12.5. The zero-order valence-electron chi connectivity index (χ0n) is 21.2. The number of H-pyrrole nitrogens is 1. The minimum atomic E-state index is -0.334. The van der Waals surface area contributed by atoms with E-state index in [9.17, 15) is 14.0 Å². The van der Waals surface area contributed by atoms with E-state index >= 15 is 0 Å². The van der Waals surface area contributed by atoms with E-state index in [1.165, 1.54) is 10.6 Å². The maximum Gasteiger partial charge on any atom is 0.274 e. The zero-order valence-corrected chi connectivity index (χ0v) is 21.2. The number of carbonyl (C=O) groups is 1. The third kappa shape index (κ3) is 5.15. The van der Waals surface area contributed by atoms with Gasteiger partial charge < -0.3 is 25.3 Å². The number of hydrogen-bond acceptors (Lipinski definition) is 4. The van der Waals surface area contributed by atoms with Crippen molar-refractivity contribution < 1.29 is 13.9 Å². The number of aromatic nitrogens is 2. The van der Waals surface area contributed by atoms with Gasteiger partial charge in [-0.05, 0) is 80.5 Å². The van der Waals surface area contributed by atoms with E-state index in [-0.39, 0.29) is 29.4 Å². The lowest BCUT2D eigenvalue weighted by Crippen LogP contribution is -2.40. The molecule has 0 spiro atoms. The van der Waals surface area contributed by atoms with Gasteiger partial charge in [0.05, 0.1) is 0 Å². The summed E-state index contributed by atoms with van der Waals surface area (Å²) in [5.41, 5.74) is 9.54. The van der Waals surface area contributed by atoms with Gasteiger partial charge in [-0.25, -0.2) is 4.39 Å². The predicted octanol–water partition coefficient (Wildman–Crippen LogP) is 5.08. The van der Waals surface area contributed by atoms with Crippen LogP contribution in [0.15, 0.2) is 53.5 Å². The first-order chi connectivity index (χ1) is 17.7. The highest BCUT2D eigenvalue weighted by molar-refractivity contribution is 6.02. The molecule has 5 rings (SSSR count). The van der Waals surface area contributed by atoms with E-state index in [4.69, 9.17) is 10.5 Å². The molecule has 0 saturated heterocycles. The van der Waals surface area contributed by atoms with Crippen LogP contribution in [0.4, 0.5) is 4.39 Å². The van der Waals surface area contributed by atoms with Crippen molar-refractivity contribution in [2.75, 3.05) is 0 Å². The summed E-state index contributed by atoms with van der Waals surface area (Å²) in [6.45, 7) is 3.64. The Hall–Kier alpha value is -3.91. The third-order valence-corrected chi connectivity index (χ3v) is 7.06. The van der Waals surface area contributed by atoms with Gasteiger partial charge in [-0.2, -0.15) is 0 Å². The Kier molecular flexibility index (Phi) is 6.60. The molecule has 0 bridgehead atoms. The molecule has 1 aliphatic carbocycles. The fourth-order valence-corrected chi connectivity index (χ4v) is 4.95. The van der Waals surface area contributed by atoms with E-state index in [2.05, 4.69) is 10.3 Å². The van der Waals surface area contributed by atoms with Crippen molar-refractivity contribution in [2.45, 2.75) is 51.6 Å². The lowest BCUT2D eigenvalue weighted by molar-refractivity contribution is 0.0921. The van der Waals surface area contributed by atoms with Gasteiger partial charge >= 0.3 is 0 Å². The van der Waals surface area contributed by atoms with Gasteiger partial charge in [0.1, 0.15) is 28.5 Å². The van der Waals surface area contributed by atoms with Crippen LogP contribution in [0.1, 0.15) is 47.3 Å². The van der Waals surface area contributed by atoms with E-state index in [1.807, 2.05) is 25.1 Å². The molecule has 4 aromatic rings. The van der Waals surface area contributed by atoms with Crippen molar-refractivity contribution in [2.24, 2.45) is 12.8 Å². The highest BCUT2D eigenvalue weighted by atomic mass is 19.1. The summed E-state index contributed by atoms with van der Waals surface area (Å²) < 4.78 is 21.5. The van der Waals surface area contributed by atoms with Crippen LogP contribution >= 0.6 is 0 Å². The smallest absolute Gasteiger partial charge is 0.274 e. The number of fused-ring (bicyclic) bond motifs is 1. The van der Waals surface area contributed by atoms with Crippen molar-refractivity contribution >= 4 is 16.8 Å². The van der Waals surface area contributed by atoms with E-state index in [1.54, 1.807) is 38.4 Å². The molecule has 0 atom stereocenters. The van der Waals surface area contributed by atoms with Gasteiger partial charge in [-0.15, -0.1) is 0 Å². The number of nitrogens with one attached hydrogen (secondary N) is 2. The Morgan fingerprint density at radius 3 is 2.57 bits per heavy atom. The number of pyridine rings is 1. The van der Waals surface area contributed by atoms with Crippen LogP contribution in [-0.2, 0) is 7.05 Å². The largest absolute Gasteiger partial charge is 0.457 e. The summed E-state index contributed by atoms with van der Waals surface area (Å²) in [4.78, 5) is 29.0. The second-order valence-electron chi connectivity index (χ2n) is 10.1. The Bertz CT molecular complexity index is 1550. The summed E-state index contributed by atoms with van der Waals surface area (Å²) in [7, 11) is 1.68. The molecule has 0 unspecified atom stereocenters. The average molecular weight is 503 g/mol. The van der Waals surface area contributed by atoms with Crippen LogP contribution in [0.3, 0.4) is 0 Å². The molecule has 192 valence electrons. The molecule has 2 aromatic heterocycles. The van der Waals surface area contributed by atoms with Crippen LogP contribution in [0.5, 0.6) is 11.5 Å². The fourth-order valence-electron chi connectivity index (χ4n) is 4.95. The highest BCUT2D eigenvalue weighted by Gasteiger charge is 2.22. The van der Waals surface area contributed by atoms with E-state index < -0.39 is 0 Å². The first kappa shape index (κ1) is 24.8. The Labute approximate surface area is 214 Å². The Balaban J connectivity index is 1.50. The van der Waals surface area contributed by atoms with Crippen molar-refractivity contribution in [1.82, 2.24) is 14.9 Å². The number of nitrogens with two attached hydrogens (primary N) is 1. The maximum atomic E-state index is 14.0. The number of rotatable bonds is 5. The van der Waals surface area contributed by atoms with Crippen molar-refractivity contribution in [1.29, 1.82) is 0 Å². The lowest BCUT2D eigenvalue weighted by atomic mass is 9.92. The van der Waals surface area contributed by atoms with Gasteiger partial charge in [-0.3, -0.25) is 9.59 Å². The Morgan fingerprint density at radius 1 is 1.08 bits per heavy atom. The normalized spacial score (nSPS) is 17.6. The molecule has 1 fully saturated rings. The number of benzene rings is 2. The zero-order chi connectivity index (χ0) is 26.3. The Morgan fingerprint density at radius 2 is 1.84 bits per heavy atom. The van der Waals surface area contributed by atoms with Crippen LogP contribution in [0, 0.1) is 19.7 Å². The SMILES string of the molecule is Cc1cc(Oc2ccc(C)c(F)c2)cc(-c2cn(C)c(=O)c3[nH]c(C(=O)NC4CCC(N)CC4)cc23)c1. The number of hydrogen-bond donors (Lipinski definition) is 3. The molecule has 2 aromatic carbocycles. The second kappa shape index (κ2) is 9.86. The summed E-state index contributed by atoms with van der Waals surface area (Å²) >= 11 is 0. The number of carbonyl (C=O) groups excluding carboxylic acids is 1. The van der Waals surface area contributed by atoms with E-state index in [0.29, 0.717) is 33.7 Å². The highest BCUT2D eigenvalue weighted by Crippen LogP contribution is 2.33. The molecular formula is C29H31FN4O3. The van der Waals surface area contributed by atoms with Gasteiger partial charge in [0.15, 0.2) is 0 Å². The van der Waals surface area contributed by atoms with Crippen molar-refractivity contribution in [3.8, 4) is 22.6 Å². The molecule has 0 aliphatic heterocycles. The maximum absolute atomic E-state index is 14.0. The molecule has 1 amide bonds. The number of aromatic amines is 1. The minimum absolute atomic E-state index is 0.0732. The van der Waals surface area contributed by atoms with E-state index in [0.717, 1.165) is 42.4 Å². The standard InChI is InChI=1S/C29H31FN4O3/c1-16-10-18(12-22(11-16)37-21-9-4-17(2)25(30)13-21)24-15-34(3)29(36)27-23(24)14-26(33-27)28(35)32-20-7-5-19(31)6-8-20/h4,9-15,19-20,33H,5-8,31H2,1-3H3,(H,32,35). The molecule has 1 aliphatic rings. The number of ether oxygens (including phenoxy) is 1. The van der Waals surface area contributed by atoms with Gasteiger partial charge in [0, 0.05) is 42.3 Å². The van der Waals surface area contributed by atoms with Crippen LogP contribution in [-0.4, -0.2) is 27.5 Å². The molecule has 1 saturated carbocycles. The second-order valence-corrected chi connectivity index (χ2v) is 10.1. The first-order valence-electron chi connectivity index (χ1n) is 12.5. The van der Waals surface area contributed by atoms with Crippen LogP contribution < -0.4 is 21.3 Å². The molecular weight excluding hydrogens is 471 g/mol. The predicted molar refractivity (Wildman–Crippen MR) is 143 cm³/mol. The summed E-state index contributed by atoms with van der Waals surface area (Å²) in [5.74, 6) is 0.373. The van der Waals surface area contributed by atoms with Crippen LogP contribution in [0.25, 0.3) is 22.0 Å². The molecule has 7 nitrogen and oxygen atoms in total. The summed E-state index contributed by atoms with van der Waals surface area (Å²) in [6, 6.07) is 12.5. The molecule has 37 heavy (non-hydrogen) atoms. The monoisotopic (exact) mass is 502 g/mol. The fraction of sp³-hybridized carbons (Fsp3) is 0.310. The minimum Gasteiger partial charge on any atom is -0.457 e. The average Bonchev–Trinajstić information content (AvgIpc) is 3.31.